The van der Waals surface area contributed by atoms with Crippen LogP contribution in [-0.4, -0.2) is 54.1 Å². The van der Waals surface area contributed by atoms with Crippen LogP contribution in [0, 0.1) is 13.8 Å². The molecule has 1 aromatic heterocycles. The van der Waals surface area contributed by atoms with Gasteiger partial charge < -0.3 is 14.3 Å². The molecule has 0 N–H and O–H groups in total. The van der Waals surface area contributed by atoms with E-state index in [-0.39, 0.29) is 5.91 Å². The summed E-state index contributed by atoms with van der Waals surface area (Å²) in [5, 5.41) is 3.94. The van der Waals surface area contributed by atoms with E-state index in [1.165, 1.54) is 6.42 Å². The van der Waals surface area contributed by atoms with Crippen LogP contribution in [-0.2, 0) is 11.2 Å². The molecule has 0 unspecified atom stereocenters. The second-order valence-electron chi connectivity index (χ2n) is 6.31. The van der Waals surface area contributed by atoms with E-state index < -0.39 is 0 Å². The maximum Gasteiger partial charge on any atom is 0.227 e. The van der Waals surface area contributed by atoms with Crippen molar-refractivity contribution in [2.24, 2.45) is 0 Å². The number of carbonyl (C=O) groups excluding carboxylic acids is 1. The van der Waals surface area contributed by atoms with Crippen molar-refractivity contribution in [2.45, 2.75) is 52.0 Å². The number of hydrogen-bond acceptors (Lipinski definition) is 4. The predicted molar refractivity (Wildman–Crippen MR) is 82.2 cm³/mol. The Bertz CT molecular complexity index is 462. The highest BCUT2D eigenvalue weighted by molar-refractivity contribution is 5.79. The zero-order valence-electron chi connectivity index (χ0n) is 13.7. The number of piperidine rings is 1. The quantitative estimate of drug-likeness (QED) is 0.835. The van der Waals surface area contributed by atoms with Gasteiger partial charge in [0.15, 0.2) is 0 Å². The lowest BCUT2D eigenvalue weighted by atomic mass is 9.98. The van der Waals surface area contributed by atoms with E-state index in [1.54, 1.807) is 0 Å². The molecule has 5 nitrogen and oxygen atoms in total. The van der Waals surface area contributed by atoms with Crippen LogP contribution in [0.3, 0.4) is 0 Å². The lowest BCUT2D eigenvalue weighted by molar-refractivity contribution is -0.134. The molecular formula is C16H27N3O2. The number of hydrogen-bond donors (Lipinski definition) is 0. The molecule has 1 aliphatic heterocycles. The van der Waals surface area contributed by atoms with E-state index in [9.17, 15) is 4.79 Å². The van der Waals surface area contributed by atoms with E-state index in [0.29, 0.717) is 12.5 Å². The van der Waals surface area contributed by atoms with Gasteiger partial charge in [-0.2, -0.15) is 0 Å². The maximum absolute atomic E-state index is 12.7. The SMILES string of the molecule is Cc1noc(C)c1CC(=O)N1CCCC[C@@H]1CCN(C)C. The third kappa shape index (κ3) is 4.06. The molecule has 0 aliphatic carbocycles. The summed E-state index contributed by atoms with van der Waals surface area (Å²) in [7, 11) is 4.16. The topological polar surface area (TPSA) is 49.6 Å². The smallest absolute Gasteiger partial charge is 0.227 e. The van der Waals surface area contributed by atoms with Crippen LogP contribution in [0.2, 0.25) is 0 Å². The summed E-state index contributed by atoms with van der Waals surface area (Å²) in [5.74, 6) is 0.982. The first-order chi connectivity index (χ1) is 9.99. The van der Waals surface area contributed by atoms with Gasteiger partial charge in [-0.05, 0) is 60.2 Å². The van der Waals surface area contributed by atoms with Crippen molar-refractivity contribution in [2.75, 3.05) is 27.2 Å². The first-order valence-electron chi connectivity index (χ1n) is 7.85. The van der Waals surface area contributed by atoms with Crippen LogP contribution in [0.25, 0.3) is 0 Å². The summed E-state index contributed by atoms with van der Waals surface area (Å²) in [6.45, 7) is 5.70. The normalized spacial score (nSPS) is 19.3. The maximum atomic E-state index is 12.7. The molecule has 0 radical (unpaired) electrons. The summed E-state index contributed by atoms with van der Waals surface area (Å²) < 4.78 is 5.16. The van der Waals surface area contributed by atoms with E-state index in [1.807, 2.05) is 13.8 Å². The Kier molecular flexibility index (Phi) is 5.39. The van der Waals surface area contributed by atoms with Crippen LogP contribution in [0.15, 0.2) is 4.52 Å². The summed E-state index contributed by atoms with van der Waals surface area (Å²) in [6.07, 6.45) is 4.94. The lowest BCUT2D eigenvalue weighted by Crippen LogP contribution is -2.45. The molecule has 0 saturated carbocycles. The highest BCUT2D eigenvalue weighted by Crippen LogP contribution is 2.22. The summed E-state index contributed by atoms with van der Waals surface area (Å²) in [6, 6.07) is 0.383. The standard InChI is InChI=1S/C16H27N3O2/c1-12-15(13(2)21-17-12)11-16(20)19-9-6-5-7-14(19)8-10-18(3)4/h14H,5-11H2,1-4H3/t14-/m1/s1. The Morgan fingerprint density at radius 2 is 2.14 bits per heavy atom. The molecule has 1 atom stereocenters. The third-order valence-corrected chi connectivity index (χ3v) is 4.37. The molecule has 1 aromatic rings. The largest absolute Gasteiger partial charge is 0.361 e. The lowest BCUT2D eigenvalue weighted by Gasteiger charge is -2.36. The first kappa shape index (κ1) is 16.0. The monoisotopic (exact) mass is 293 g/mol. The van der Waals surface area contributed by atoms with Gasteiger partial charge >= 0.3 is 0 Å². The molecule has 1 fully saturated rings. The molecule has 1 saturated heterocycles. The van der Waals surface area contributed by atoms with Crippen molar-refractivity contribution in [1.29, 1.82) is 0 Å². The molecule has 21 heavy (non-hydrogen) atoms. The van der Waals surface area contributed by atoms with Gasteiger partial charge in [-0.15, -0.1) is 0 Å². The molecule has 0 aromatic carbocycles. The number of likely N-dealkylation sites (tertiary alicyclic amines) is 1. The average molecular weight is 293 g/mol. The fourth-order valence-corrected chi connectivity index (χ4v) is 3.04. The van der Waals surface area contributed by atoms with Gasteiger partial charge in [0.25, 0.3) is 0 Å². The number of nitrogens with zero attached hydrogens (tertiary/aromatic N) is 3. The molecule has 0 spiro atoms. The van der Waals surface area contributed by atoms with Gasteiger partial charge in [0.05, 0.1) is 12.1 Å². The molecule has 5 heteroatoms. The number of carbonyl (C=O) groups is 1. The molecule has 0 bridgehead atoms. The summed E-state index contributed by atoms with van der Waals surface area (Å²) >= 11 is 0. The van der Waals surface area contributed by atoms with Crippen LogP contribution in [0.1, 0.15) is 42.7 Å². The van der Waals surface area contributed by atoms with Gasteiger partial charge in [-0.25, -0.2) is 0 Å². The van der Waals surface area contributed by atoms with Gasteiger partial charge in [-0.3, -0.25) is 4.79 Å². The molecule has 2 heterocycles. The van der Waals surface area contributed by atoms with Gasteiger partial charge in [-0.1, -0.05) is 5.16 Å². The molecule has 1 amide bonds. The first-order valence-corrected chi connectivity index (χ1v) is 7.85. The molecular weight excluding hydrogens is 266 g/mol. The summed E-state index contributed by atoms with van der Waals surface area (Å²) in [5.41, 5.74) is 1.79. The molecule has 2 rings (SSSR count). The van der Waals surface area contributed by atoms with Gasteiger partial charge in [0.2, 0.25) is 5.91 Å². The Hall–Kier alpha value is -1.36. The Labute approximate surface area is 127 Å². The van der Waals surface area contributed by atoms with E-state index in [2.05, 4.69) is 29.1 Å². The zero-order chi connectivity index (χ0) is 15.4. The van der Waals surface area contributed by atoms with Crippen LogP contribution in [0.5, 0.6) is 0 Å². The van der Waals surface area contributed by atoms with E-state index in [0.717, 1.165) is 49.4 Å². The average Bonchev–Trinajstić information content (AvgIpc) is 2.77. The highest BCUT2D eigenvalue weighted by atomic mass is 16.5. The Morgan fingerprint density at radius 1 is 1.38 bits per heavy atom. The number of aromatic nitrogens is 1. The van der Waals surface area contributed by atoms with Crippen LogP contribution < -0.4 is 0 Å². The fourth-order valence-electron chi connectivity index (χ4n) is 3.04. The minimum atomic E-state index is 0.216. The highest BCUT2D eigenvalue weighted by Gasteiger charge is 2.27. The van der Waals surface area contributed by atoms with Crippen molar-refractivity contribution < 1.29 is 9.32 Å². The third-order valence-electron chi connectivity index (χ3n) is 4.37. The second kappa shape index (κ2) is 7.07. The van der Waals surface area contributed by atoms with Gasteiger partial charge in [0.1, 0.15) is 5.76 Å². The van der Waals surface area contributed by atoms with E-state index in [4.69, 9.17) is 4.52 Å². The number of rotatable bonds is 5. The Morgan fingerprint density at radius 3 is 2.76 bits per heavy atom. The van der Waals surface area contributed by atoms with Crippen LogP contribution >= 0.6 is 0 Å². The zero-order valence-corrected chi connectivity index (χ0v) is 13.7. The Balaban J connectivity index is 2.01. The van der Waals surface area contributed by atoms with E-state index >= 15 is 0 Å². The molecule has 1 aliphatic rings. The summed E-state index contributed by atoms with van der Waals surface area (Å²) in [4.78, 5) is 16.9. The van der Waals surface area contributed by atoms with Crippen molar-refractivity contribution in [3.05, 3.63) is 17.0 Å². The predicted octanol–water partition coefficient (Wildman–Crippen LogP) is 2.17. The number of amides is 1. The fraction of sp³-hybridized carbons (Fsp3) is 0.750. The van der Waals surface area contributed by atoms with Crippen molar-refractivity contribution >= 4 is 5.91 Å². The second-order valence-corrected chi connectivity index (χ2v) is 6.31. The van der Waals surface area contributed by atoms with Crippen LogP contribution in [0.4, 0.5) is 0 Å². The number of aryl methyl sites for hydroxylation is 2. The molecule has 118 valence electrons. The van der Waals surface area contributed by atoms with Crippen molar-refractivity contribution in [3.63, 3.8) is 0 Å². The van der Waals surface area contributed by atoms with Gasteiger partial charge in [0, 0.05) is 18.2 Å². The van der Waals surface area contributed by atoms with Crippen molar-refractivity contribution in [3.8, 4) is 0 Å². The minimum absolute atomic E-state index is 0.216. The minimum Gasteiger partial charge on any atom is -0.361 e. The van der Waals surface area contributed by atoms with Crippen molar-refractivity contribution in [1.82, 2.24) is 15.0 Å².